The highest BCUT2D eigenvalue weighted by atomic mass is 16.6. The van der Waals surface area contributed by atoms with Crippen LogP contribution in [0.1, 0.15) is 23.5 Å². The number of carboxylic acid groups (broad SMARTS) is 1. The van der Waals surface area contributed by atoms with Gasteiger partial charge in [-0.25, -0.2) is 4.79 Å². The summed E-state index contributed by atoms with van der Waals surface area (Å²) in [7, 11) is 0. The molecule has 1 amide bonds. The Morgan fingerprint density at radius 1 is 0.281 bits per heavy atom. The van der Waals surface area contributed by atoms with Gasteiger partial charge in [-0.2, -0.15) is 0 Å². The van der Waals surface area contributed by atoms with Crippen molar-refractivity contribution in [2.45, 2.75) is 12.3 Å². The van der Waals surface area contributed by atoms with Crippen molar-refractivity contribution < 1.29 is 124 Å². The highest BCUT2D eigenvalue weighted by Gasteiger charge is 2.29. The Labute approximate surface area is 526 Å². The van der Waals surface area contributed by atoms with Gasteiger partial charge < -0.3 is 119 Å². The van der Waals surface area contributed by atoms with Crippen molar-refractivity contribution in [2.24, 2.45) is 0 Å². The minimum absolute atomic E-state index is 0.0110. The monoisotopic (exact) mass is 1280 g/mol. The number of amides is 1. The first-order chi connectivity index (χ1) is 44.2. The number of hydrogen-bond donors (Lipinski definition) is 2. The fourth-order valence-corrected chi connectivity index (χ4v) is 7.75. The van der Waals surface area contributed by atoms with Crippen molar-refractivity contribution in [1.82, 2.24) is 5.32 Å². The largest absolute Gasteiger partial charge is 0.481 e. The normalized spacial score (nSPS) is 12.1. The molecule has 0 aliphatic heterocycles. The number of benzene rings is 2. The second-order valence-electron chi connectivity index (χ2n) is 18.9. The first-order valence-electron chi connectivity index (χ1n) is 31.2. The zero-order chi connectivity index (χ0) is 62.9. The predicted molar refractivity (Wildman–Crippen MR) is 323 cm³/mol. The number of hydrogen-bond acceptors (Lipinski definition) is 25. The number of nitrogens with one attached hydrogen (secondary N) is 1. The fraction of sp³-hybridized carbons (Fsp3) is 0.774. The van der Waals surface area contributed by atoms with Crippen molar-refractivity contribution in [2.75, 3.05) is 304 Å². The van der Waals surface area contributed by atoms with Gasteiger partial charge in [-0.3, -0.25) is 4.79 Å². The molecule has 1 aliphatic rings. The average molecular weight is 1280 g/mol. The molecule has 0 radical (unpaired) electrons. The molecule has 3 rings (SSSR count). The first-order valence-corrected chi connectivity index (χ1v) is 31.2. The van der Waals surface area contributed by atoms with Gasteiger partial charge in [0.2, 0.25) is 0 Å². The van der Waals surface area contributed by atoms with Crippen LogP contribution in [0.3, 0.4) is 0 Å². The molecule has 0 heterocycles. The van der Waals surface area contributed by atoms with E-state index in [1.165, 1.54) is 22.3 Å². The smallest absolute Gasteiger partial charge is 0.407 e. The van der Waals surface area contributed by atoms with Crippen LogP contribution in [-0.2, 0) is 114 Å². The summed E-state index contributed by atoms with van der Waals surface area (Å²) < 4.78 is 126. The van der Waals surface area contributed by atoms with Crippen molar-refractivity contribution in [1.29, 1.82) is 0 Å². The van der Waals surface area contributed by atoms with Crippen molar-refractivity contribution >= 4 is 12.1 Å². The fourth-order valence-electron chi connectivity index (χ4n) is 7.75. The molecule has 0 saturated carbocycles. The topological polar surface area (TPSA) is 279 Å². The maximum absolute atomic E-state index is 12.3. The summed E-state index contributed by atoms with van der Waals surface area (Å²) in [5.41, 5.74) is 4.75. The number of aliphatic carboxylic acids is 1. The lowest BCUT2D eigenvalue weighted by Crippen LogP contribution is -2.29. The minimum atomic E-state index is -0.881. The lowest BCUT2D eigenvalue weighted by atomic mass is 9.98. The Morgan fingerprint density at radius 2 is 0.472 bits per heavy atom. The third-order valence-corrected chi connectivity index (χ3v) is 12.1. The molecular weight excluding hydrogens is 1170 g/mol. The molecule has 89 heavy (non-hydrogen) atoms. The van der Waals surface area contributed by atoms with Gasteiger partial charge in [0.25, 0.3) is 0 Å². The Morgan fingerprint density at radius 3 is 0.685 bits per heavy atom. The number of alkyl carbamates (subject to hydrolysis) is 1. The van der Waals surface area contributed by atoms with Crippen molar-refractivity contribution in [3.8, 4) is 11.1 Å². The third kappa shape index (κ3) is 49.6. The lowest BCUT2D eigenvalue weighted by molar-refractivity contribution is -0.138. The van der Waals surface area contributed by atoms with E-state index < -0.39 is 12.1 Å². The number of rotatable bonds is 71. The van der Waals surface area contributed by atoms with E-state index in [9.17, 15) is 9.59 Å². The van der Waals surface area contributed by atoms with Gasteiger partial charge in [0.05, 0.1) is 297 Å². The van der Waals surface area contributed by atoms with Crippen LogP contribution >= 0.6 is 0 Å². The summed E-state index contributed by atoms with van der Waals surface area (Å²) in [5.74, 6) is -0.854. The van der Waals surface area contributed by atoms with Crippen molar-refractivity contribution in [3.05, 3.63) is 59.7 Å². The zero-order valence-corrected chi connectivity index (χ0v) is 52.6. The Bertz CT molecular complexity index is 1820. The van der Waals surface area contributed by atoms with Crippen molar-refractivity contribution in [3.63, 3.8) is 0 Å². The molecule has 27 heteroatoms. The van der Waals surface area contributed by atoms with Gasteiger partial charge in [-0.05, 0) is 22.3 Å². The molecule has 514 valence electrons. The van der Waals surface area contributed by atoms with Crippen LogP contribution in [0.5, 0.6) is 0 Å². The van der Waals surface area contributed by atoms with Gasteiger partial charge >= 0.3 is 12.1 Å². The SMILES string of the molecule is O=C(O)CCOCCOCCOCCOCCOCCOCCOCCOCCOCCOCCOCCOCCOCCOCCOCCOCCOCCOCCOCCOCCOCCOCCNC(=O)OCC1c2ccccc2-c2ccccc21. The summed E-state index contributed by atoms with van der Waals surface area (Å²) in [6.45, 7) is 20.7. The van der Waals surface area contributed by atoms with Gasteiger partial charge in [0, 0.05) is 12.5 Å². The summed E-state index contributed by atoms with van der Waals surface area (Å²) >= 11 is 0. The van der Waals surface area contributed by atoms with Crippen LogP contribution in [0.2, 0.25) is 0 Å². The summed E-state index contributed by atoms with van der Waals surface area (Å²) in [6, 6.07) is 16.5. The van der Waals surface area contributed by atoms with E-state index in [2.05, 4.69) is 29.6 Å². The van der Waals surface area contributed by atoms with Crippen LogP contribution in [0.4, 0.5) is 4.79 Å². The molecule has 2 N–H and O–H groups in total. The molecule has 2 aromatic rings. The lowest BCUT2D eigenvalue weighted by Gasteiger charge is -2.14. The second kappa shape index (κ2) is 63.1. The van der Waals surface area contributed by atoms with Crippen LogP contribution in [0.15, 0.2) is 48.5 Å². The molecule has 2 aromatic carbocycles. The number of fused-ring (bicyclic) bond motifs is 3. The van der Waals surface area contributed by atoms with Crippen LogP contribution in [0.25, 0.3) is 11.1 Å². The Hall–Kier alpha value is -3.70. The summed E-state index contributed by atoms with van der Waals surface area (Å²) in [4.78, 5) is 22.7. The quantitative estimate of drug-likeness (QED) is 0.0898. The maximum atomic E-state index is 12.3. The number of carbonyl (C=O) groups excluding carboxylic acids is 1. The van der Waals surface area contributed by atoms with Gasteiger partial charge in [0.1, 0.15) is 6.61 Å². The van der Waals surface area contributed by atoms with E-state index in [1.54, 1.807) is 0 Å². The molecule has 0 aromatic heterocycles. The average Bonchev–Trinajstić information content (AvgIpc) is 2.43. The van der Waals surface area contributed by atoms with Gasteiger partial charge in [-0.1, -0.05) is 48.5 Å². The van der Waals surface area contributed by atoms with Crippen LogP contribution in [0, 0.1) is 0 Å². The predicted octanol–water partition coefficient (Wildman–Crippen LogP) is 3.36. The molecule has 0 saturated heterocycles. The molecule has 0 fully saturated rings. The number of carbonyl (C=O) groups is 2. The zero-order valence-electron chi connectivity index (χ0n) is 52.6. The molecular formula is C62H105NO26. The van der Waals surface area contributed by atoms with E-state index in [0.29, 0.717) is 291 Å². The van der Waals surface area contributed by atoms with Gasteiger partial charge in [-0.15, -0.1) is 0 Å². The van der Waals surface area contributed by atoms with E-state index >= 15 is 0 Å². The van der Waals surface area contributed by atoms with E-state index in [4.69, 9.17) is 114 Å². The highest BCUT2D eigenvalue weighted by molar-refractivity contribution is 5.79. The summed E-state index contributed by atoms with van der Waals surface area (Å²) in [5, 5.41) is 11.3. The minimum Gasteiger partial charge on any atom is -0.481 e. The Kier molecular flexibility index (Phi) is 56.4. The van der Waals surface area contributed by atoms with Crippen LogP contribution < -0.4 is 5.32 Å². The first kappa shape index (κ1) is 79.5. The third-order valence-electron chi connectivity index (χ3n) is 12.1. The molecule has 1 aliphatic carbocycles. The molecule has 27 nitrogen and oxygen atoms in total. The molecule has 0 unspecified atom stereocenters. The van der Waals surface area contributed by atoms with E-state index in [0.717, 1.165) is 0 Å². The maximum Gasteiger partial charge on any atom is 0.407 e. The van der Waals surface area contributed by atoms with Crippen LogP contribution in [-0.4, -0.2) is 321 Å². The highest BCUT2D eigenvalue weighted by Crippen LogP contribution is 2.44. The Balaban J connectivity index is 0.854. The van der Waals surface area contributed by atoms with Gasteiger partial charge in [0.15, 0.2) is 0 Å². The number of ether oxygens (including phenoxy) is 23. The van der Waals surface area contributed by atoms with E-state index in [1.807, 2.05) is 24.3 Å². The van der Waals surface area contributed by atoms with E-state index in [-0.39, 0.29) is 25.6 Å². The summed E-state index contributed by atoms with van der Waals surface area (Å²) in [6.07, 6.45) is -0.471. The second-order valence-corrected chi connectivity index (χ2v) is 18.9. The molecule has 0 bridgehead atoms. The molecule has 0 spiro atoms. The standard InChI is InChI=1S/C62H105NO26/c64-61(65)9-11-67-13-15-69-17-19-71-21-23-73-25-27-75-29-31-77-33-35-79-37-39-81-41-43-83-45-47-85-49-51-87-53-54-88-52-50-86-48-46-84-44-42-82-40-38-80-36-34-78-32-30-76-28-26-74-24-22-72-20-18-70-16-14-68-12-10-63-62(66)89-55-60-58-7-3-1-5-56(58)57-6-2-4-8-59(57)60/h1-8,60H,9-55H2,(H,63,66)(H,64,65). The molecule has 0 atom stereocenters. The number of carboxylic acids is 1.